The van der Waals surface area contributed by atoms with Crippen LogP contribution in [-0.2, 0) is 9.53 Å². The molecule has 0 bridgehead atoms. The predicted molar refractivity (Wildman–Crippen MR) is 95.2 cm³/mol. The Labute approximate surface area is 152 Å². The van der Waals surface area contributed by atoms with Crippen molar-refractivity contribution in [2.45, 2.75) is 4.90 Å². The Morgan fingerprint density at radius 2 is 1.92 bits per heavy atom. The zero-order valence-electron chi connectivity index (χ0n) is 13.0. The third kappa shape index (κ3) is 5.20. The fraction of sp³-hybridized carbons (Fsp3) is 0.125. The molecule has 0 unspecified atom stereocenters. The van der Waals surface area contributed by atoms with Gasteiger partial charge in [-0.05, 0) is 42.7 Å². The largest absolute Gasteiger partial charge is 0.452 e. The maximum atomic E-state index is 11.9. The van der Waals surface area contributed by atoms with E-state index in [0.717, 1.165) is 11.0 Å². The minimum absolute atomic E-state index is 0.0618. The standard InChI is InChI=1S/C16H13ClN2O5S/c1-25-12-5-3-11(4-6-12)18-15(20)9-24-16(21)10-2-7-13(17)14(8-10)19(22)23/h2-8H,9H2,1H3,(H,18,20). The maximum Gasteiger partial charge on any atom is 0.338 e. The maximum absolute atomic E-state index is 11.9. The smallest absolute Gasteiger partial charge is 0.338 e. The number of amides is 1. The van der Waals surface area contributed by atoms with Gasteiger partial charge in [-0.2, -0.15) is 0 Å². The van der Waals surface area contributed by atoms with E-state index in [1.165, 1.54) is 12.1 Å². The van der Waals surface area contributed by atoms with Gasteiger partial charge < -0.3 is 10.1 Å². The number of anilines is 1. The molecule has 0 saturated heterocycles. The first-order chi connectivity index (χ1) is 11.9. The number of esters is 1. The second-order valence-corrected chi connectivity index (χ2v) is 6.06. The molecule has 0 heterocycles. The number of nitrogens with zero attached hydrogens (tertiary/aromatic N) is 1. The van der Waals surface area contributed by atoms with Crippen LogP contribution in [0.4, 0.5) is 11.4 Å². The molecule has 0 aromatic heterocycles. The van der Waals surface area contributed by atoms with Gasteiger partial charge in [-0.25, -0.2) is 4.79 Å². The Morgan fingerprint density at radius 3 is 2.52 bits per heavy atom. The molecule has 0 aliphatic carbocycles. The van der Waals surface area contributed by atoms with Crippen LogP contribution in [0.1, 0.15) is 10.4 Å². The van der Waals surface area contributed by atoms with E-state index in [9.17, 15) is 19.7 Å². The van der Waals surface area contributed by atoms with Crippen molar-refractivity contribution >= 4 is 46.6 Å². The van der Waals surface area contributed by atoms with E-state index in [1.54, 1.807) is 23.9 Å². The van der Waals surface area contributed by atoms with E-state index in [1.807, 2.05) is 18.4 Å². The molecule has 2 aromatic carbocycles. The zero-order valence-corrected chi connectivity index (χ0v) is 14.6. The fourth-order valence-electron chi connectivity index (χ4n) is 1.87. The predicted octanol–water partition coefficient (Wildman–Crippen LogP) is 3.77. The number of hydrogen-bond donors (Lipinski definition) is 1. The van der Waals surface area contributed by atoms with Crippen LogP contribution in [0.15, 0.2) is 47.4 Å². The number of ether oxygens (including phenoxy) is 1. The fourth-order valence-corrected chi connectivity index (χ4v) is 2.46. The Morgan fingerprint density at radius 1 is 1.24 bits per heavy atom. The van der Waals surface area contributed by atoms with Gasteiger partial charge in [0.1, 0.15) is 5.02 Å². The van der Waals surface area contributed by atoms with Crippen molar-refractivity contribution in [2.75, 3.05) is 18.2 Å². The van der Waals surface area contributed by atoms with Crippen molar-refractivity contribution in [3.8, 4) is 0 Å². The lowest BCUT2D eigenvalue weighted by atomic mass is 10.2. The van der Waals surface area contributed by atoms with Gasteiger partial charge in [-0.3, -0.25) is 14.9 Å². The number of rotatable bonds is 6. The highest BCUT2D eigenvalue weighted by atomic mass is 35.5. The summed E-state index contributed by atoms with van der Waals surface area (Å²) < 4.78 is 4.86. The summed E-state index contributed by atoms with van der Waals surface area (Å²) in [6, 6.07) is 10.7. The highest BCUT2D eigenvalue weighted by molar-refractivity contribution is 7.98. The molecule has 1 amide bonds. The first-order valence-corrected chi connectivity index (χ1v) is 8.56. The van der Waals surface area contributed by atoms with Gasteiger partial charge in [-0.1, -0.05) is 11.6 Å². The highest BCUT2D eigenvalue weighted by Crippen LogP contribution is 2.25. The molecule has 7 nitrogen and oxygen atoms in total. The van der Waals surface area contributed by atoms with Crippen molar-refractivity contribution in [1.82, 2.24) is 0 Å². The van der Waals surface area contributed by atoms with Crippen molar-refractivity contribution in [3.63, 3.8) is 0 Å². The number of nitro benzene ring substituents is 1. The number of nitrogens with one attached hydrogen (secondary N) is 1. The van der Waals surface area contributed by atoms with Crippen LogP contribution in [0, 0.1) is 10.1 Å². The quantitative estimate of drug-likeness (QED) is 0.354. The molecule has 2 rings (SSSR count). The second kappa shape index (κ2) is 8.50. The zero-order chi connectivity index (χ0) is 18.4. The first-order valence-electron chi connectivity index (χ1n) is 6.95. The molecule has 0 spiro atoms. The minimum Gasteiger partial charge on any atom is -0.452 e. The van der Waals surface area contributed by atoms with E-state index >= 15 is 0 Å². The number of halogens is 1. The minimum atomic E-state index is -0.854. The second-order valence-electron chi connectivity index (χ2n) is 4.78. The Balaban J connectivity index is 1.93. The summed E-state index contributed by atoms with van der Waals surface area (Å²) in [6.45, 7) is -0.514. The van der Waals surface area contributed by atoms with Crippen LogP contribution < -0.4 is 5.32 Å². The van der Waals surface area contributed by atoms with Crippen LogP contribution in [0.2, 0.25) is 5.02 Å². The van der Waals surface area contributed by atoms with Crippen molar-refractivity contribution in [2.24, 2.45) is 0 Å². The van der Waals surface area contributed by atoms with Crippen LogP contribution >= 0.6 is 23.4 Å². The molecule has 2 aromatic rings. The van der Waals surface area contributed by atoms with Crippen LogP contribution in [0.3, 0.4) is 0 Å². The number of nitro groups is 1. The van der Waals surface area contributed by atoms with Crippen molar-refractivity contribution in [3.05, 3.63) is 63.2 Å². The molecule has 0 saturated carbocycles. The van der Waals surface area contributed by atoms with E-state index in [-0.39, 0.29) is 10.6 Å². The third-order valence-corrected chi connectivity index (χ3v) is 4.15. The van der Waals surface area contributed by atoms with Crippen LogP contribution in [-0.4, -0.2) is 29.7 Å². The number of hydrogen-bond acceptors (Lipinski definition) is 6. The molecule has 0 fully saturated rings. The average molecular weight is 381 g/mol. The van der Waals surface area contributed by atoms with Gasteiger partial charge in [-0.15, -0.1) is 11.8 Å². The van der Waals surface area contributed by atoms with E-state index in [2.05, 4.69) is 5.32 Å². The summed E-state index contributed by atoms with van der Waals surface area (Å²) in [5.41, 5.74) is 0.101. The lowest BCUT2D eigenvalue weighted by molar-refractivity contribution is -0.384. The molecule has 9 heteroatoms. The van der Waals surface area contributed by atoms with Gasteiger partial charge in [0.2, 0.25) is 0 Å². The topological polar surface area (TPSA) is 98.5 Å². The lowest BCUT2D eigenvalue weighted by Gasteiger charge is -2.07. The van der Waals surface area contributed by atoms with Crippen LogP contribution in [0.5, 0.6) is 0 Å². The Hall–Kier alpha value is -2.58. The summed E-state index contributed by atoms with van der Waals surface area (Å²) in [7, 11) is 0. The number of thioether (sulfide) groups is 1. The third-order valence-electron chi connectivity index (χ3n) is 3.09. The number of benzene rings is 2. The Bertz CT molecular complexity index is 811. The summed E-state index contributed by atoms with van der Waals surface area (Å²) in [4.78, 5) is 34.9. The lowest BCUT2D eigenvalue weighted by Crippen LogP contribution is -2.20. The van der Waals surface area contributed by atoms with Gasteiger partial charge in [0.05, 0.1) is 10.5 Å². The van der Waals surface area contributed by atoms with Gasteiger partial charge in [0, 0.05) is 16.6 Å². The van der Waals surface area contributed by atoms with Crippen LogP contribution in [0.25, 0.3) is 0 Å². The van der Waals surface area contributed by atoms with Gasteiger partial charge >= 0.3 is 5.97 Å². The molecule has 0 aliphatic rings. The summed E-state index contributed by atoms with van der Waals surface area (Å²) in [5, 5.41) is 13.3. The molecular weight excluding hydrogens is 368 g/mol. The number of carbonyl (C=O) groups is 2. The van der Waals surface area contributed by atoms with Gasteiger partial charge in [0.25, 0.3) is 11.6 Å². The molecule has 130 valence electrons. The molecular formula is C16H13ClN2O5S. The van der Waals surface area contributed by atoms with E-state index < -0.39 is 29.1 Å². The molecule has 0 aliphatic heterocycles. The SMILES string of the molecule is CSc1ccc(NC(=O)COC(=O)c2ccc(Cl)c([N+](=O)[O-])c2)cc1. The van der Waals surface area contributed by atoms with E-state index in [4.69, 9.17) is 16.3 Å². The molecule has 0 atom stereocenters. The first kappa shape index (κ1) is 18.8. The summed E-state index contributed by atoms with van der Waals surface area (Å²) in [5.74, 6) is -1.37. The monoisotopic (exact) mass is 380 g/mol. The average Bonchev–Trinajstić information content (AvgIpc) is 2.60. The van der Waals surface area contributed by atoms with Crippen molar-refractivity contribution in [1.29, 1.82) is 0 Å². The molecule has 1 N–H and O–H groups in total. The summed E-state index contributed by atoms with van der Waals surface area (Å²) >= 11 is 7.25. The summed E-state index contributed by atoms with van der Waals surface area (Å²) in [6.07, 6.45) is 1.94. The normalized spacial score (nSPS) is 10.2. The van der Waals surface area contributed by atoms with Gasteiger partial charge in [0.15, 0.2) is 6.61 Å². The van der Waals surface area contributed by atoms with E-state index in [0.29, 0.717) is 5.69 Å². The Kier molecular flexibility index (Phi) is 6.37. The van der Waals surface area contributed by atoms with Crippen molar-refractivity contribution < 1.29 is 19.2 Å². The molecule has 25 heavy (non-hydrogen) atoms. The number of carbonyl (C=O) groups excluding carboxylic acids is 2. The highest BCUT2D eigenvalue weighted by Gasteiger charge is 2.18. The molecule has 0 radical (unpaired) electrons.